The van der Waals surface area contributed by atoms with E-state index in [9.17, 15) is 14.4 Å². The molecular formula is C19H23N3O4. The van der Waals surface area contributed by atoms with Crippen LogP contribution in [0.5, 0.6) is 0 Å². The third-order valence-corrected chi connectivity index (χ3v) is 4.15. The quantitative estimate of drug-likeness (QED) is 0.803. The molecule has 2 rings (SSSR count). The van der Waals surface area contributed by atoms with Crippen molar-refractivity contribution in [2.45, 2.75) is 40.2 Å². The molecular weight excluding hydrogens is 334 g/mol. The maximum absolute atomic E-state index is 12.5. The van der Waals surface area contributed by atoms with E-state index in [4.69, 9.17) is 4.74 Å². The standard InChI is InChI=1S/C19H23N3O4/c1-5-6-9-22-17(23)8-7-16(21-22)18(24)20-14-10-12(2)13(3)15(11-14)19(25)26-4/h7-8,10-11H,5-6,9H2,1-4H3,(H,20,24). The summed E-state index contributed by atoms with van der Waals surface area (Å²) < 4.78 is 6.07. The molecule has 7 heteroatoms. The van der Waals surface area contributed by atoms with E-state index in [1.807, 2.05) is 20.8 Å². The number of carbonyl (C=O) groups is 2. The number of hydrogen-bond donors (Lipinski definition) is 1. The molecule has 0 unspecified atom stereocenters. The highest BCUT2D eigenvalue weighted by Gasteiger charge is 2.15. The lowest BCUT2D eigenvalue weighted by Crippen LogP contribution is -2.26. The van der Waals surface area contributed by atoms with Gasteiger partial charge in [0, 0.05) is 18.3 Å². The van der Waals surface area contributed by atoms with Crippen molar-refractivity contribution in [1.82, 2.24) is 9.78 Å². The number of rotatable bonds is 6. The van der Waals surface area contributed by atoms with Crippen LogP contribution in [0.15, 0.2) is 29.1 Å². The van der Waals surface area contributed by atoms with Gasteiger partial charge in [0.15, 0.2) is 0 Å². The Morgan fingerprint density at radius 1 is 1.23 bits per heavy atom. The predicted octanol–water partition coefficient (Wildman–Crippen LogP) is 2.70. The van der Waals surface area contributed by atoms with Crippen molar-refractivity contribution >= 4 is 17.6 Å². The van der Waals surface area contributed by atoms with Gasteiger partial charge < -0.3 is 10.1 Å². The highest BCUT2D eigenvalue weighted by Crippen LogP contribution is 2.21. The van der Waals surface area contributed by atoms with Gasteiger partial charge >= 0.3 is 5.97 Å². The monoisotopic (exact) mass is 357 g/mol. The number of ether oxygens (including phenoxy) is 1. The molecule has 1 heterocycles. The minimum absolute atomic E-state index is 0.138. The van der Waals surface area contributed by atoms with Gasteiger partial charge in [-0.1, -0.05) is 13.3 Å². The number of methoxy groups -OCH3 is 1. The summed E-state index contributed by atoms with van der Waals surface area (Å²) in [5.74, 6) is -0.915. The van der Waals surface area contributed by atoms with Crippen molar-refractivity contribution in [3.63, 3.8) is 0 Å². The SMILES string of the molecule is CCCCn1nc(C(=O)Nc2cc(C)c(C)c(C(=O)OC)c2)ccc1=O. The van der Waals surface area contributed by atoms with Crippen molar-refractivity contribution in [2.75, 3.05) is 12.4 Å². The van der Waals surface area contributed by atoms with Crippen molar-refractivity contribution in [3.8, 4) is 0 Å². The van der Waals surface area contributed by atoms with Gasteiger partial charge in [0.25, 0.3) is 11.5 Å². The molecule has 0 fully saturated rings. The fourth-order valence-corrected chi connectivity index (χ4v) is 2.49. The molecule has 0 atom stereocenters. The maximum Gasteiger partial charge on any atom is 0.338 e. The second kappa shape index (κ2) is 8.42. The van der Waals surface area contributed by atoms with Crippen LogP contribution in [0.3, 0.4) is 0 Å². The number of aryl methyl sites for hydroxylation is 2. The summed E-state index contributed by atoms with van der Waals surface area (Å²) in [5.41, 5.74) is 2.40. The summed E-state index contributed by atoms with van der Waals surface area (Å²) in [6, 6.07) is 6.06. The predicted molar refractivity (Wildman–Crippen MR) is 98.6 cm³/mol. The zero-order valence-electron chi connectivity index (χ0n) is 15.5. The minimum Gasteiger partial charge on any atom is -0.465 e. The lowest BCUT2D eigenvalue weighted by atomic mass is 10.0. The second-order valence-electron chi connectivity index (χ2n) is 6.04. The van der Waals surface area contributed by atoms with E-state index >= 15 is 0 Å². The van der Waals surface area contributed by atoms with Crippen LogP contribution in [0.4, 0.5) is 5.69 Å². The Balaban J connectivity index is 2.29. The molecule has 0 aliphatic heterocycles. The number of nitrogens with one attached hydrogen (secondary N) is 1. The van der Waals surface area contributed by atoms with Crippen LogP contribution >= 0.6 is 0 Å². The Kier molecular flexibility index (Phi) is 6.27. The number of esters is 1. The molecule has 0 saturated carbocycles. The number of unbranched alkanes of at least 4 members (excludes halogenated alkanes) is 1. The fraction of sp³-hybridized carbons (Fsp3) is 0.368. The molecule has 2 aromatic rings. The first kappa shape index (κ1) is 19.4. The number of hydrogen-bond acceptors (Lipinski definition) is 5. The van der Waals surface area contributed by atoms with E-state index < -0.39 is 11.9 Å². The van der Waals surface area contributed by atoms with E-state index in [0.29, 0.717) is 17.8 Å². The molecule has 0 spiro atoms. The smallest absolute Gasteiger partial charge is 0.338 e. The molecule has 138 valence electrons. The van der Waals surface area contributed by atoms with Crippen molar-refractivity contribution < 1.29 is 14.3 Å². The summed E-state index contributed by atoms with van der Waals surface area (Å²) >= 11 is 0. The number of anilines is 1. The molecule has 1 aromatic carbocycles. The van der Waals surface area contributed by atoms with Gasteiger partial charge in [-0.3, -0.25) is 9.59 Å². The zero-order valence-corrected chi connectivity index (χ0v) is 15.5. The van der Waals surface area contributed by atoms with Crippen LogP contribution in [0.2, 0.25) is 0 Å². The van der Waals surface area contributed by atoms with Gasteiger partial charge in [0.2, 0.25) is 0 Å². The lowest BCUT2D eigenvalue weighted by Gasteiger charge is -2.12. The van der Waals surface area contributed by atoms with E-state index in [2.05, 4.69) is 10.4 Å². The molecule has 0 aliphatic rings. The van der Waals surface area contributed by atoms with E-state index in [0.717, 1.165) is 24.0 Å². The summed E-state index contributed by atoms with van der Waals surface area (Å²) in [7, 11) is 1.31. The summed E-state index contributed by atoms with van der Waals surface area (Å²) in [6.45, 7) is 6.14. The summed E-state index contributed by atoms with van der Waals surface area (Å²) in [6.07, 6.45) is 1.72. The molecule has 1 aromatic heterocycles. The zero-order chi connectivity index (χ0) is 19.3. The van der Waals surface area contributed by atoms with Crippen LogP contribution in [-0.4, -0.2) is 28.8 Å². The molecule has 7 nitrogen and oxygen atoms in total. The Hall–Kier alpha value is -2.96. The summed E-state index contributed by atoms with van der Waals surface area (Å²) in [5, 5.41) is 6.84. The molecule has 1 amide bonds. The molecule has 0 saturated heterocycles. The average molecular weight is 357 g/mol. The van der Waals surface area contributed by atoms with Gasteiger partial charge in [-0.15, -0.1) is 0 Å². The number of benzene rings is 1. The van der Waals surface area contributed by atoms with Gasteiger partial charge in [-0.05, 0) is 49.6 Å². The number of carbonyl (C=O) groups excluding carboxylic acids is 2. The van der Waals surface area contributed by atoms with Gasteiger partial charge in [-0.2, -0.15) is 5.10 Å². The first-order valence-corrected chi connectivity index (χ1v) is 8.46. The van der Waals surface area contributed by atoms with Gasteiger partial charge in [0.1, 0.15) is 5.69 Å². The van der Waals surface area contributed by atoms with Crippen LogP contribution in [0.1, 0.15) is 51.7 Å². The Morgan fingerprint density at radius 2 is 1.96 bits per heavy atom. The first-order valence-electron chi connectivity index (χ1n) is 8.46. The van der Waals surface area contributed by atoms with Crippen molar-refractivity contribution in [2.24, 2.45) is 0 Å². The van der Waals surface area contributed by atoms with E-state index in [1.54, 1.807) is 12.1 Å². The molecule has 0 aliphatic carbocycles. The van der Waals surface area contributed by atoms with Crippen LogP contribution in [-0.2, 0) is 11.3 Å². The van der Waals surface area contributed by atoms with E-state index in [1.165, 1.54) is 23.9 Å². The van der Waals surface area contributed by atoms with Gasteiger partial charge in [0.05, 0.1) is 12.7 Å². The van der Waals surface area contributed by atoms with Crippen molar-refractivity contribution in [3.05, 3.63) is 57.0 Å². The average Bonchev–Trinajstić information content (AvgIpc) is 2.63. The highest BCUT2D eigenvalue weighted by atomic mass is 16.5. The van der Waals surface area contributed by atoms with Crippen LogP contribution in [0, 0.1) is 13.8 Å². The maximum atomic E-state index is 12.5. The Bertz CT molecular complexity index is 887. The molecule has 1 N–H and O–H groups in total. The largest absolute Gasteiger partial charge is 0.465 e. The number of aromatic nitrogens is 2. The normalized spacial score (nSPS) is 10.5. The summed E-state index contributed by atoms with van der Waals surface area (Å²) in [4.78, 5) is 36.2. The van der Waals surface area contributed by atoms with E-state index in [-0.39, 0.29) is 11.3 Å². The Morgan fingerprint density at radius 3 is 2.62 bits per heavy atom. The first-order chi connectivity index (χ1) is 12.4. The number of amides is 1. The lowest BCUT2D eigenvalue weighted by molar-refractivity contribution is 0.0599. The van der Waals surface area contributed by atoms with Crippen LogP contribution in [0.25, 0.3) is 0 Å². The number of nitrogens with zero attached hydrogens (tertiary/aromatic N) is 2. The Labute approximate surface area is 152 Å². The molecule has 26 heavy (non-hydrogen) atoms. The van der Waals surface area contributed by atoms with Crippen LogP contribution < -0.4 is 10.9 Å². The third-order valence-electron chi connectivity index (χ3n) is 4.15. The topological polar surface area (TPSA) is 90.3 Å². The molecule has 0 radical (unpaired) electrons. The highest BCUT2D eigenvalue weighted by molar-refractivity contribution is 6.03. The molecule has 0 bridgehead atoms. The minimum atomic E-state index is -0.465. The third kappa shape index (κ3) is 4.36. The van der Waals surface area contributed by atoms with Crippen molar-refractivity contribution in [1.29, 1.82) is 0 Å². The van der Waals surface area contributed by atoms with Gasteiger partial charge in [-0.25, -0.2) is 9.48 Å². The second-order valence-corrected chi connectivity index (χ2v) is 6.04. The fourth-order valence-electron chi connectivity index (χ4n) is 2.49.